The molecule has 1 aromatic carbocycles. The van der Waals surface area contributed by atoms with Gasteiger partial charge in [0.05, 0.1) is 4.47 Å². The highest BCUT2D eigenvalue weighted by Gasteiger charge is 2.45. The maximum absolute atomic E-state index is 11.8. The summed E-state index contributed by atoms with van der Waals surface area (Å²) in [6.45, 7) is 1.76. The zero-order chi connectivity index (χ0) is 14.8. The molecule has 0 radical (unpaired) electrons. The second kappa shape index (κ2) is 5.83. The molecule has 1 aliphatic rings. The minimum absolute atomic E-state index is 0.198. The first-order chi connectivity index (χ1) is 9.43. The Morgan fingerprint density at radius 1 is 1.45 bits per heavy atom. The second-order valence-electron chi connectivity index (χ2n) is 5.01. The minimum atomic E-state index is -1.09. The molecule has 0 saturated heterocycles. The fourth-order valence-electron chi connectivity index (χ4n) is 2.09. The van der Waals surface area contributed by atoms with E-state index in [9.17, 15) is 9.59 Å². The molecular formula is C14H16BrNO4. The summed E-state index contributed by atoms with van der Waals surface area (Å²) >= 11 is 3.36. The van der Waals surface area contributed by atoms with Gasteiger partial charge in [0.25, 0.3) is 5.91 Å². The van der Waals surface area contributed by atoms with Crippen LogP contribution in [-0.4, -0.2) is 29.1 Å². The number of aryl methyl sites for hydroxylation is 1. The molecule has 1 saturated carbocycles. The van der Waals surface area contributed by atoms with Gasteiger partial charge in [0.1, 0.15) is 11.3 Å². The molecule has 0 aromatic heterocycles. The predicted octanol–water partition coefficient (Wildman–Crippen LogP) is 2.26. The lowest BCUT2D eigenvalue weighted by molar-refractivity contribution is -0.152. The highest BCUT2D eigenvalue weighted by Crippen LogP contribution is 2.32. The van der Waals surface area contributed by atoms with Crippen molar-refractivity contribution < 1.29 is 19.4 Å². The van der Waals surface area contributed by atoms with Crippen LogP contribution in [0.4, 0.5) is 0 Å². The third kappa shape index (κ3) is 3.12. The average Bonchev–Trinajstić information content (AvgIpc) is 2.32. The Bertz CT molecular complexity index is 540. The van der Waals surface area contributed by atoms with Gasteiger partial charge in [-0.3, -0.25) is 4.79 Å². The van der Waals surface area contributed by atoms with E-state index in [4.69, 9.17) is 9.84 Å². The van der Waals surface area contributed by atoms with Crippen LogP contribution >= 0.6 is 15.9 Å². The maximum Gasteiger partial charge on any atom is 0.329 e. The van der Waals surface area contributed by atoms with Crippen molar-refractivity contribution in [2.75, 3.05) is 6.61 Å². The Hall–Kier alpha value is -1.56. The van der Waals surface area contributed by atoms with Gasteiger partial charge in [-0.05, 0) is 59.8 Å². The standard InChI is InChI=1S/C14H16BrNO4/c1-9-3-4-11(10(15)7-9)20-8-12(17)16-14(13(18)19)5-2-6-14/h3-4,7H,2,5-6,8H2,1H3,(H,16,17)(H,18,19). The van der Waals surface area contributed by atoms with Gasteiger partial charge in [0, 0.05) is 0 Å². The summed E-state index contributed by atoms with van der Waals surface area (Å²) < 4.78 is 6.16. The topological polar surface area (TPSA) is 75.6 Å². The molecule has 0 bridgehead atoms. The van der Waals surface area contributed by atoms with Gasteiger partial charge in [-0.15, -0.1) is 0 Å². The SMILES string of the molecule is Cc1ccc(OCC(=O)NC2(C(=O)O)CCC2)c(Br)c1. The number of hydrogen-bond acceptors (Lipinski definition) is 3. The number of nitrogens with one attached hydrogen (secondary N) is 1. The third-order valence-electron chi connectivity index (χ3n) is 3.44. The monoisotopic (exact) mass is 341 g/mol. The molecular weight excluding hydrogens is 326 g/mol. The number of carboxylic acids is 1. The first-order valence-corrected chi connectivity index (χ1v) is 7.16. The molecule has 0 atom stereocenters. The summed E-state index contributed by atoms with van der Waals surface area (Å²) in [5.41, 5.74) is -0.0155. The van der Waals surface area contributed by atoms with Crippen LogP contribution in [0.2, 0.25) is 0 Å². The molecule has 0 heterocycles. The van der Waals surface area contributed by atoms with E-state index in [-0.39, 0.29) is 6.61 Å². The van der Waals surface area contributed by atoms with Crippen LogP contribution in [0.1, 0.15) is 24.8 Å². The van der Waals surface area contributed by atoms with Crippen molar-refractivity contribution >= 4 is 27.8 Å². The Labute approximate surface area is 125 Å². The van der Waals surface area contributed by atoms with Gasteiger partial charge in [0.15, 0.2) is 6.61 Å². The molecule has 108 valence electrons. The van der Waals surface area contributed by atoms with Crippen molar-refractivity contribution in [3.05, 3.63) is 28.2 Å². The summed E-state index contributed by atoms with van der Waals surface area (Å²) in [6.07, 6.45) is 1.77. The lowest BCUT2D eigenvalue weighted by atomic mass is 9.77. The van der Waals surface area contributed by atoms with Crippen LogP contribution in [-0.2, 0) is 9.59 Å². The van der Waals surface area contributed by atoms with Crippen LogP contribution in [0.5, 0.6) is 5.75 Å². The number of carbonyl (C=O) groups is 2. The minimum Gasteiger partial charge on any atom is -0.483 e. The Balaban J connectivity index is 1.91. The number of carboxylic acid groups (broad SMARTS) is 1. The molecule has 5 nitrogen and oxygen atoms in total. The molecule has 2 rings (SSSR count). The van der Waals surface area contributed by atoms with E-state index in [1.165, 1.54) is 0 Å². The molecule has 2 N–H and O–H groups in total. The summed E-state index contributed by atoms with van der Waals surface area (Å²) in [5, 5.41) is 11.7. The second-order valence-corrected chi connectivity index (χ2v) is 5.87. The number of hydrogen-bond donors (Lipinski definition) is 2. The van der Waals surface area contributed by atoms with E-state index in [0.29, 0.717) is 18.6 Å². The molecule has 1 fully saturated rings. The van der Waals surface area contributed by atoms with E-state index in [1.54, 1.807) is 6.07 Å². The highest BCUT2D eigenvalue weighted by molar-refractivity contribution is 9.10. The van der Waals surface area contributed by atoms with E-state index >= 15 is 0 Å². The van der Waals surface area contributed by atoms with Gasteiger partial charge >= 0.3 is 5.97 Å². The number of amides is 1. The lowest BCUT2D eigenvalue weighted by Crippen LogP contribution is -2.59. The number of halogens is 1. The smallest absolute Gasteiger partial charge is 0.329 e. The molecule has 1 aromatic rings. The van der Waals surface area contributed by atoms with Crippen molar-refractivity contribution in [2.24, 2.45) is 0 Å². The summed E-state index contributed by atoms with van der Waals surface area (Å²) in [4.78, 5) is 22.9. The molecule has 0 unspecified atom stereocenters. The number of rotatable bonds is 5. The quantitative estimate of drug-likeness (QED) is 0.861. The van der Waals surface area contributed by atoms with Gasteiger partial charge in [-0.25, -0.2) is 4.79 Å². The van der Waals surface area contributed by atoms with Crippen molar-refractivity contribution in [1.82, 2.24) is 5.32 Å². The van der Waals surface area contributed by atoms with Crippen molar-refractivity contribution in [1.29, 1.82) is 0 Å². The number of aliphatic carboxylic acids is 1. The highest BCUT2D eigenvalue weighted by atomic mass is 79.9. The first kappa shape index (κ1) is 14.8. The van der Waals surface area contributed by atoms with E-state index in [0.717, 1.165) is 16.5 Å². The van der Waals surface area contributed by atoms with Gasteiger partial charge in [-0.2, -0.15) is 0 Å². The Morgan fingerprint density at radius 2 is 2.15 bits per heavy atom. The predicted molar refractivity (Wildman–Crippen MR) is 76.7 cm³/mol. The third-order valence-corrected chi connectivity index (χ3v) is 4.06. The van der Waals surface area contributed by atoms with Crippen LogP contribution in [0, 0.1) is 6.92 Å². The zero-order valence-corrected chi connectivity index (χ0v) is 12.7. The van der Waals surface area contributed by atoms with Crippen LogP contribution in [0.15, 0.2) is 22.7 Å². The molecule has 6 heteroatoms. The maximum atomic E-state index is 11.8. The average molecular weight is 342 g/mol. The largest absolute Gasteiger partial charge is 0.483 e. The van der Waals surface area contributed by atoms with Gasteiger partial charge in [-0.1, -0.05) is 6.07 Å². The normalized spacial score (nSPS) is 16.1. The van der Waals surface area contributed by atoms with Crippen molar-refractivity contribution in [3.8, 4) is 5.75 Å². The summed E-state index contributed by atoms with van der Waals surface area (Å²) in [6, 6.07) is 5.53. The Morgan fingerprint density at radius 3 is 2.65 bits per heavy atom. The van der Waals surface area contributed by atoms with E-state index in [2.05, 4.69) is 21.2 Å². The fourth-order valence-corrected chi connectivity index (χ4v) is 2.70. The number of carbonyl (C=O) groups excluding carboxylic acids is 1. The van der Waals surface area contributed by atoms with Crippen LogP contribution in [0.25, 0.3) is 0 Å². The number of ether oxygens (including phenoxy) is 1. The van der Waals surface area contributed by atoms with Gasteiger partial charge in [0.2, 0.25) is 0 Å². The molecule has 1 amide bonds. The number of benzene rings is 1. The molecule has 0 spiro atoms. The van der Waals surface area contributed by atoms with Crippen LogP contribution < -0.4 is 10.1 Å². The van der Waals surface area contributed by atoms with Crippen molar-refractivity contribution in [2.45, 2.75) is 31.7 Å². The summed E-state index contributed by atoms with van der Waals surface area (Å²) in [7, 11) is 0. The van der Waals surface area contributed by atoms with Crippen molar-refractivity contribution in [3.63, 3.8) is 0 Å². The Kier molecular flexibility index (Phi) is 4.32. The van der Waals surface area contributed by atoms with Crippen LogP contribution in [0.3, 0.4) is 0 Å². The lowest BCUT2D eigenvalue weighted by Gasteiger charge is -2.38. The molecule has 0 aliphatic heterocycles. The van der Waals surface area contributed by atoms with E-state index < -0.39 is 17.4 Å². The summed E-state index contributed by atoms with van der Waals surface area (Å²) in [5.74, 6) is -0.836. The van der Waals surface area contributed by atoms with E-state index in [1.807, 2.05) is 19.1 Å². The first-order valence-electron chi connectivity index (χ1n) is 6.36. The van der Waals surface area contributed by atoms with Gasteiger partial charge < -0.3 is 15.2 Å². The molecule has 1 aliphatic carbocycles. The zero-order valence-electron chi connectivity index (χ0n) is 11.1. The molecule has 20 heavy (non-hydrogen) atoms. The fraction of sp³-hybridized carbons (Fsp3) is 0.429.